The first kappa shape index (κ1) is 13.4. The average molecular weight is 302 g/mol. The minimum Gasteiger partial charge on any atom is -0.197 e. The third kappa shape index (κ3) is 2.50. The maximum Gasteiger partial charge on any atom is 0.113 e. The van der Waals surface area contributed by atoms with Gasteiger partial charge < -0.3 is 0 Å². The van der Waals surface area contributed by atoms with Crippen LogP contribution in [0.4, 0.5) is 0 Å². The minimum atomic E-state index is 0.842. The van der Waals surface area contributed by atoms with E-state index in [0.717, 1.165) is 33.6 Å². The van der Waals surface area contributed by atoms with Gasteiger partial charge in [-0.2, -0.15) is 30.8 Å². The minimum absolute atomic E-state index is 0.842. The molecule has 0 aliphatic rings. The number of rotatable bonds is 3. The molecule has 0 spiro atoms. The molecule has 0 unspecified atom stereocenters. The van der Waals surface area contributed by atoms with Crippen LogP contribution < -0.4 is 0 Å². The van der Waals surface area contributed by atoms with Crippen molar-refractivity contribution in [3.63, 3.8) is 0 Å². The molecular formula is C17H14N6. The van der Waals surface area contributed by atoms with Crippen LogP contribution in [-0.4, -0.2) is 30.8 Å². The lowest BCUT2D eigenvalue weighted by Crippen LogP contribution is -1.86. The van der Waals surface area contributed by atoms with Crippen molar-refractivity contribution in [1.29, 1.82) is 0 Å². The Balaban J connectivity index is 1.67. The molecule has 0 saturated carbocycles. The first-order valence-electron chi connectivity index (χ1n) is 7.24. The lowest BCUT2D eigenvalue weighted by Gasteiger charge is -2.07. The standard InChI is InChI=1S/C17H14N6/c1-11-8-14(6-7-15(11)17-10-19-23-21-17)12-2-4-13(5-3-12)16-9-18-22-20-16/h2-10H,1H3,(H,18,20,22)(H,19,21,23). The highest BCUT2D eigenvalue weighted by Crippen LogP contribution is 2.28. The molecule has 0 saturated heterocycles. The van der Waals surface area contributed by atoms with Gasteiger partial charge in [-0.05, 0) is 23.6 Å². The summed E-state index contributed by atoms with van der Waals surface area (Å²) in [6.07, 6.45) is 3.45. The van der Waals surface area contributed by atoms with Gasteiger partial charge >= 0.3 is 0 Å². The summed E-state index contributed by atoms with van der Waals surface area (Å²) in [4.78, 5) is 0. The monoisotopic (exact) mass is 302 g/mol. The van der Waals surface area contributed by atoms with Crippen molar-refractivity contribution in [2.45, 2.75) is 6.92 Å². The summed E-state index contributed by atoms with van der Waals surface area (Å²) in [5.41, 5.74) is 7.31. The Bertz CT molecular complexity index is 908. The van der Waals surface area contributed by atoms with E-state index in [1.54, 1.807) is 12.4 Å². The topological polar surface area (TPSA) is 83.1 Å². The van der Waals surface area contributed by atoms with Gasteiger partial charge in [0.05, 0.1) is 12.4 Å². The summed E-state index contributed by atoms with van der Waals surface area (Å²) in [5.74, 6) is 0. The zero-order valence-corrected chi connectivity index (χ0v) is 12.5. The zero-order chi connectivity index (χ0) is 15.6. The number of nitrogens with zero attached hydrogens (tertiary/aromatic N) is 4. The van der Waals surface area contributed by atoms with Crippen molar-refractivity contribution in [1.82, 2.24) is 30.8 Å². The second kappa shape index (κ2) is 5.49. The normalized spacial score (nSPS) is 10.8. The number of aryl methyl sites for hydroxylation is 1. The van der Waals surface area contributed by atoms with E-state index < -0.39 is 0 Å². The lowest BCUT2D eigenvalue weighted by atomic mass is 9.97. The van der Waals surface area contributed by atoms with Gasteiger partial charge in [0.25, 0.3) is 0 Å². The number of hydrogen-bond donors (Lipinski definition) is 2. The van der Waals surface area contributed by atoms with Crippen LogP contribution in [0.25, 0.3) is 33.6 Å². The Hall–Kier alpha value is -3.28. The number of nitrogens with one attached hydrogen (secondary N) is 2. The maximum absolute atomic E-state index is 4.14. The highest BCUT2D eigenvalue weighted by molar-refractivity contribution is 5.73. The van der Waals surface area contributed by atoms with Gasteiger partial charge in [-0.3, -0.25) is 0 Å². The van der Waals surface area contributed by atoms with Crippen LogP contribution in [0.1, 0.15) is 5.56 Å². The van der Waals surface area contributed by atoms with Crippen molar-refractivity contribution in [3.8, 4) is 33.6 Å². The summed E-state index contributed by atoms with van der Waals surface area (Å²) in [6, 6.07) is 14.6. The molecule has 4 aromatic rings. The molecule has 2 N–H and O–H groups in total. The van der Waals surface area contributed by atoms with Crippen LogP contribution in [0, 0.1) is 6.92 Å². The smallest absolute Gasteiger partial charge is 0.113 e. The van der Waals surface area contributed by atoms with E-state index >= 15 is 0 Å². The highest BCUT2D eigenvalue weighted by Gasteiger charge is 2.07. The number of aromatic amines is 2. The Labute approximate surface area is 132 Å². The molecule has 0 fully saturated rings. The van der Waals surface area contributed by atoms with E-state index in [1.165, 1.54) is 5.56 Å². The Morgan fingerprint density at radius 2 is 1.30 bits per heavy atom. The Morgan fingerprint density at radius 3 is 1.91 bits per heavy atom. The fourth-order valence-corrected chi connectivity index (χ4v) is 2.64. The van der Waals surface area contributed by atoms with Crippen molar-refractivity contribution in [2.24, 2.45) is 0 Å². The molecule has 0 bridgehead atoms. The summed E-state index contributed by atoms with van der Waals surface area (Å²) in [5, 5.41) is 21.2. The first-order chi connectivity index (χ1) is 11.3. The molecule has 6 nitrogen and oxygen atoms in total. The molecule has 0 atom stereocenters. The van der Waals surface area contributed by atoms with E-state index in [9.17, 15) is 0 Å². The molecule has 4 rings (SSSR count). The number of H-pyrrole nitrogens is 2. The van der Waals surface area contributed by atoms with E-state index in [4.69, 9.17) is 0 Å². The van der Waals surface area contributed by atoms with Gasteiger partial charge in [0.1, 0.15) is 11.4 Å². The Kier molecular flexibility index (Phi) is 3.20. The average Bonchev–Trinajstić information content (AvgIpc) is 3.29. The number of benzene rings is 2. The van der Waals surface area contributed by atoms with E-state index in [-0.39, 0.29) is 0 Å². The number of hydrogen-bond acceptors (Lipinski definition) is 4. The molecule has 0 aliphatic heterocycles. The predicted octanol–water partition coefficient (Wildman–Crippen LogP) is 3.23. The molecule has 23 heavy (non-hydrogen) atoms. The highest BCUT2D eigenvalue weighted by atomic mass is 15.3. The summed E-state index contributed by atoms with van der Waals surface area (Å²) >= 11 is 0. The lowest BCUT2D eigenvalue weighted by molar-refractivity contribution is 0.942. The van der Waals surface area contributed by atoms with E-state index in [0.29, 0.717) is 0 Å². The quantitative estimate of drug-likeness (QED) is 0.608. The van der Waals surface area contributed by atoms with Crippen LogP contribution in [0.3, 0.4) is 0 Å². The second-order valence-electron chi connectivity index (χ2n) is 5.32. The summed E-state index contributed by atoms with van der Waals surface area (Å²) in [7, 11) is 0. The summed E-state index contributed by atoms with van der Waals surface area (Å²) in [6.45, 7) is 2.08. The molecule has 2 aromatic carbocycles. The molecule has 0 radical (unpaired) electrons. The molecular weight excluding hydrogens is 288 g/mol. The molecule has 6 heteroatoms. The number of aromatic nitrogens is 6. The third-order valence-corrected chi connectivity index (χ3v) is 3.85. The van der Waals surface area contributed by atoms with Crippen molar-refractivity contribution < 1.29 is 0 Å². The van der Waals surface area contributed by atoms with Crippen molar-refractivity contribution >= 4 is 0 Å². The maximum atomic E-state index is 4.14. The molecule has 0 amide bonds. The van der Waals surface area contributed by atoms with Gasteiger partial charge in [-0.15, -0.1) is 0 Å². The van der Waals surface area contributed by atoms with E-state index in [1.807, 2.05) is 12.1 Å². The van der Waals surface area contributed by atoms with Crippen molar-refractivity contribution in [2.75, 3.05) is 0 Å². The van der Waals surface area contributed by atoms with Crippen LogP contribution in [0.15, 0.2) is 54.9 Å². The van der Waals surface area contributed by atoms with E-state index in [2.05, 4.69) is 68.1 Å². The molecule has 112 valence electrons. The largest absolute Gasteiger partial charge is 0.197 e. The van der Waals surface area contributed by atoms with Crippen LogP contribution >= 0.6 is 0 Å². The first-order valence-corrected chi connectivity index (χ1v) is 7.24. The SMILES string of the molecule is Cc1cc(-c2ccc(-c3cn[nH]n3)cc2)ccc1-c1cn[nH]n1. The fraction of sp³-hybridized carbons (Fsp3) is 0.0588. The van der Waals surface area contributed by atoms with Crippen LogP contribution in [-0.2, 0) is 0 Å². The van der Waals surface area contributed by atoms with Gasteiger partial charge in [-0.25, -0.2) is 0 Å². The fourth-order valence-electron chi connectivity index (χ4n) is 2.64. The van der Waals surface area contributed by atoms with Crippen LogP contribution in [0.5, 0.6) is 0 Å². The van der Waals surface area contributed by atoms with Gasteiger partial charge in [0.15, 0.2) is 0 Å². The second-order valence-corrected chi connectivity index (χ2v) is 5.32. The van der Waals surface area contributed by atoms with Crippen LogP contribution in [0.2, 0.25) is 0 Å². The molecule has 2 heterocycles. The summed E-state index contributed by atoms with van der Waals surface area (Å²) < 4.78 is 0. The van der Waals surface area contributed by atoms with Gasteiger partial charge in [-0.1, -0.05) is 42.5 Å². The molecule has 0 aliphatic carbocycles. The third-order valence-electron chi connectivity index (χ3n) is 3.85. The van der Waals surface area contributed by atoms with Gasteiger partial charge in [0, 0.05) is 11.1 Å². The predicted molar refractivity (Wildman–Crippen MR) is 87.4 cm³/mol. The Morgan fingerprint density at radius 1 is 0.696 bits per heavy atom. The zero-order valence-electron chi connectivity index (χ0n) is 12.5. The van der Waals surface area contributed by atoms with Gasteiger partial charge in [0.2, 0.25) is 0 Å². The van der Waals surface area contributed by atoms with Crippen molar-refractivity contribution in [3.05, 3.63) is 60.4 Å². The molecule has 2 aromatic heterocycles.